The van der Waals surface area contributed by atoms with Gasteiger partial charge in [-0.1, -0.05) is 17.3 Å². The van der Waals surface area contributed by atoms with Crippen LogP contribution in [0.25, 0.3) is 11.4 Å². The highest BCUT2D eigenvalue weighted by Crippen LogP contribution is 2.25. The molecule has 1 amide bonds. The van der Waals surface area contributed by atoms with Crippen molar-refractivity contribution in [3.8, 4) is 11.4 Å². The fourth-order valence-electron chi connectivity index (χ4n) is 2.40. The van der Waals surface area contributed by atoms with Gasteiger partial charge in [-0.2, -0.15) is 4.98 Å². The molecule has 9 heteroatoms. The molecule has 0 saturated heterocycles. The number of aryl methyl sites for hydroxylation is 1. The number of carbonyl (C=O) groups excluding carboxylic acids is 3. The summed E-state index contributed by atoms with van der Waals surface area (Å²) in [6.07, 6.45) is 0.239. The summed E-state index contributed by atoms with van der Waals surface area (Å²) in [4.78, 5) is 40.5. The smallest absolute Gasteiger partial charge is 0.307 e. The molecule has 0 aliphatic heterocycles. The summed E-state index contributed by atoms with van der Waals surface area (Å²) < 4.78 is 14.3. The van der Waals surface area contributed by atoms with Crippen LogP contribution in [0.15, 0.2) is 28.8 Å². The maximum absolute atomic E-state index is 11.7. The third-order valence-electron chi connectivity index (χ3n) is 3.70. The molecule has 2 rings (SSSR count). The zero-order valence-electron chi connectivity index (χ0n) is 14.7. The Morgan fingerprint density at radius 2 is 1.88 bits per heavy atom. The lowest BCUT2D eigenvalue weighted by Crippen LogP contribution is -2.38. The van der Waals surface area contributed by atoms with E-state index in [1.54, 1.807) is 31.2 Å². The second kappa shape index (κ2) is 8.75. The Morgan fingerprint density at radius 3 is 2.38 bits per heavy atom. The average molecular weight is 361 g/mol. The van der Waals surface area contributed by atoms with Crippen LogP contribution in [-0.2, 0) is 23.9 Å². The molecule has 0 radical (unpaired) electrons. The highest BCUT2D eigenvalue weighted by Gasteiger charge is 2.26. The monoisotopic (exact) mass is 361 g/mol. The Labute approximate surface area is 149 Å². The van der Waals surface area contributed by atoms with Crippen molar-refractivity contribution in [2.75, 3.05) is 19.1 Å². The van der Waals surface area contributed by atoms with Gasteiger partial charge in [0.1, 0.15) is 0 Å². The molecule has 138 valence electrons. The van der Waals surface area contributed by atoms with Crippen LogP contribution >= 0.6 is 0 Å². The van der Waals surface area contributed by atoms with Crippen LogP contribution in [0.3, 0.4) is 0 Å². The van der Waals surface area contributed by atoms with Crippen molar-refractivity contribution in [2.45, 2.75) is 25.8 Å². The van der Waals surface area contributed by atoms with Gasteiger partial charge in [-0.3, -0.25) is 14.4 Å². The standard InChI is InChI=1S/C17H19N3O6/c1-11-18-17(19-26-11)12-5-4-6-13(7-12)20(10-21)14(8-15(22)24-2)9-16(23)25-3/h4-7,10,14H,8-9H2,1-3H3. The number of nitrogens with zero attached hydrogens (tertiary/aromatic N) is 3. The minimum absolute atomic E-state index is 0.157. The maximum Gasteiger partial charge on any atom is 0.307 e. The van der Waals surface area contributed by atoms with Crippen molar-refractivity contribution in [3.63, 3.8) is 0 Å². The molecule has 0 spiro atoms. The van der Waals surface area contributed by atoms with Gasteiger partial charge in [-0.05, 0) is 12.1 Å². The van der Waals surface area contributed by atoms with Gasteiger partial charge in [0.05, 0.1) is 33.1 Å². The number of benzene rings is 1. The quantitative estimate of drug-likeness (QED) is 0.514. The zero-order chi connectivity index (χ0) is 19.1. The molecule has 0 N–H and O–H groups in total. The van der Waals surface area contributed by atoms with Gasteiger partial charge in [-0.15, -0.1) is 0 Å². The Bertz CT molecular complexity index is 770. The van der Waals surface area contributed by atoms with E-state index in [1.165, 1.54) is 19.1 Å². The lowest BCUT2D eigenvalue weighted by Gasteiger charge is -2.27. The zero-order valence-corrected chi connectivity index (χ0v) is 14.7. The number of aromatic nitrogens is 2. The molecule has 1 heterocycles. The molecule has 0 aliphatic rings. The number of carbonyl (C=O) groups is 3. The summed E-state index contributed by atoms with van der Waals surface area (Å²) in [5.74, 6) is -0.314. The highest BCUT2D eigenvalue weighted by atomic mass is 16.5. The van der Waals surface area contributed by atoms with Crippen LogP contribution < -0.4 is 4.90 Å². The van der Waals surface area contributed by atoms with Gasteiger partial charge in [0.2, 0.25) is 18.1 Å². The third kappa shape index (κ3) is 4.65. The van der Waals surface area contributed by atoms with Crippen LogP contribution in [0, 0.1) is 6.92 Å². The molecule has 1 aromatic heterocycles. The average Bonchev–Trinajstić information content (AvgIpc) is 3.08. The number of hydrogen-bond donors (Lipinski definition) is 0. The topological polar surface area (TPSA) is 112 Å². The second-order valence-corrected chi connectivity index (χ2v) is 5.41. The Hall–Kier alpha value is -3.23. The molecule has 0 aliphatic carbocycles. The van der Waals surface area contributed by atoms with E-state index >= 15 is 0 Å². The molecular formula is C17H19N3O6. The fourth-order valence-corrected chi connectivity index (χ4v) is 2.40. The van der Waals surface area contributed by atoms with E-state index in [1.807, 2.05) is 0 Å². The van der Waals surface area contributed by atoms with E-state index < -0.39 is 18.0 Å². The molecule has 0 saturated carbocycles. The Morgan fingerprint density at radius 1 is 1.23 bits per heavy atom. The van der Waals surface area contributed by atoms with Crippen molar-refractivity contribution in [1.82, 2.24) is 10.1 Å². The first-order valence-corrected chi connectivity index (χ1v) is 7.76. The van der Waals surface area contributed by atoms with Crippen molar-refractivity contribution in [1.29, 1.82) is 0 Å². The van der Waals surface area contributed by atoms with Crippen molar-refractivity contribution in [2.24, 2.45) is 0 Å². The second-order valence-electron chi connectivity index (χ2n) is 5.41. The van der Waals surface area contributed by atoms with Crippen molar-refractivity contribution in [3.05, 3.63) is 30.2 Å². The van der Waals surface area contributed by atoms with Crippen LogP contribution in [0.1, 0.15) is 18.7 Å². The number of rotatable bonds is 8. The van der Waals surface area contributed by atoms with E-state index in [0.29, 0.717) is 29.4 Å². The van der Waals surface area contributed by atoms with Gasteiger partial charge in [-0.25, -0.2) is 0 Å². The molecule has 1 aromatic carbocycles. The first kappa shape index (κ1) is 19.1. The molecule has 26 heavy (non-hydrogen) atoms. The van der Waals surface area contributed by atoms with Gasteiger partial charge in [0, 0.05) is 18.2 Å². The number of ether oxygens (including phenoxy) is 2. The van der Waals surface area contributed by atoms with Crippen molar-refractivity contribution >= 4 is 24.0 Å². The minimum Gasteiger partial charge on any atom is -0.469 e. The molecule has 9 nitrogen and oxygen atoms in total. The predicted octanol–water partition coefficient (Wildman–Crippen LogP) is 1.50. The SMILES string of the molecule is COC(=O)CC(CC(=O)OC)N(C=O)c1cccc(-c2noc(C)n2)c1. The van der Waals surface area contributed by atoms with Gasteiger partial charge in [0.15, 0.2) is 0 Å². The molecule has 0 unspecified atom stereocenters. The number of methoxy groups -OCH3 is 2. The number of anilines is 1. The summed E-state index contributed by atoms with van der Waals surface area (Å²) in [5.41, 5.74) is 1.10. The first-order valence-electron chi connectivity index (χ1n) is 7.76. The fraction of sp³-hybridized carbons (Fsp3) is 0.353. The molecule has 0 atom stereocenters. The van der Waals surface area contributed by atoms with E-state index in [-0.39, 0.29) is 12.8 Å². The van der Waals surface area contributed by atoms with Crippen LogP contribution in [0.5, 0.6) is 0 Å². The predicted molar refractivity (Wildman–Crippen MR) is 90.1 cm³/mol. The van der Waals surface area contributed by atoms with Crippen molar-refractivity contribution < 1.29 is 28.4 Å². The van der Waals surface area contributed by atoms with Gasteiger partial charge < -0.3 is 18.9 Å². The third-order valence-corrected chi connectivity index (χ3v) is 3.70. The lowest BCUT2D eigenvalue weighted by atomic mass is 10.1. The summed E-state index contributed by atoms with van der Waals surface area (Å²) in [7, 11) is 2.48. The normalized spacial score (nSPS) is 10.5. The minimum atomic E-state index is -0.755. The largest absolute Gasteiger partial charge is 0.469 e. The van der Waals surface area contributed by atoms with Gasteiger partial charge in [0.25, 0.3) is 0 Å². The first-order chi connectivity index (χ1) is 12.5. The molecule has 0 fully saturated rings. The number of hydrogen-bond acceptors (Lipinski definition) is 8. The van der Waals surface area contributed by atoms with E-state index in [4.69, 9.17) is 4.52 Å². The van der Waals surface area contributed by atoms with Crippen LogP contribution in [0.4, 0.5) is 5.69 Å². The van der Waals surface area contributed by atoms with E-state index in [0.717, 1.165) is 0 Å². The van der Waals surface area contributed by atoms with E-state index in [2.05, 4.69) is 19.6 Å². The van der Waals surface area contributed by atoms with Crippen LogP contribution in [-0.4, -0.2) is 48.8 Å². The molecular weight excluding hydrogens is 342 g/mol. The molecule has 0 bridgehead atoms. The summed E-state index contributed by atoms with van der Waals surface area (Å²) in [6, 6.07) is 6.05. The highest BCUT2D eigenvalue weighted by molar-refractivity contribution is 5.83. The lowest BCUT2D eigenvalue weighted by molar-refractivity contribution is -0.143. The van der Waals surface area contributed by atoms with Crippen LogP contribution in [0.2, 0.25) is 0 Å². The summed E-state index contributed by atoms with van der Waals surface area (Å²) in [6.45, 7) is 1.67. The number of esters is 2. The summed E-state index contributed by atoms with van der Waals surface area (Å²) in [5, 5.41) is 3.84. The number of amides is 1. The Balaban J connectivity index is 2.34. The summed E-state index contributed by atoms with van der Waals surface area (Å²) >= 11 is 0. The van der Waals surface area contributed by atoms with Gasteiger partial charge >= 0.3 is 11.9 Å². The Kier molecular flexibility index (Phi) is 6.42. The molecule has 2 aromatic rings. The van der Waals surface area contributed by atoms with E-state index in [9.17, 15) is 14.4 Å². The maximum atomic E-state index is 11.7.